The third-order valence-corrected chi connectivity index (χ3v) is 3.63. The standard InChI is InChI=1S/C13H16N2/c1-8(2)11-4-3-9-6-13-10(5-12(9)11)7-14-15-13/h5-8,11H,3-4H2,1-2H3,(H,14,15). The molecule has 2 nitrogen and oxygen atoms in total. The first kappa shape index (κ1) is 8.96. The summed E-state index contributed by atoms with van der Waals surface area (Å²) in [6.07, 6.45) is 4.46. The minimum absolute atomic E-state index is 0.746. The summed E-state index contributed by atoms with van der Waals surface area (Å²) in [7, 11) is 0. The number of rotatable bonds is 1. The smallest absolute Gasteiger partial charge is 0.0653 e. The summed E-state index contributed by atoms with van der Waals surface area (Å²) >= 11 is 0. The molecule has 1 aromatic heterocycles. The Morgan fingerprint density at radius 2 is 2.27 bits per heavy atom. The molecule has 0 aliphatic heterocycles. The van der Waals surface area contributed by atoms with Crippen molar-refractivity contribution in [3.8, 4) is 0 Å². The van der Waals surface area contributed by atoms with E-state index in [2.05, 4.69) is 36.2 Å². The fourth-order valence-corrected chi connectivity index (χ4v) is 2.77. The fraction of sp³-hybridized carbons (Fsp3) is 0.462. The lowest BCUT2D eigenvalue weighted by molar-refractivity contribution is 0.496. The van der Waals surface area contributed by atoms with Crippen LogP contribution in [-0.4, -0.2) is 10.2 Å². The van der Waals surface area contributed by atoms with Gasteiger partial charge < -0.3 is 0 Å². The first-order valence-electron chi connectivity index (χ1n) is 5.71. The van der Waals surface area contributed by atoms with E-state index in [1.54, 1.807) is 5.56 Å². The number of hydrogen-bond acceptors (Lipinski definition) is 1. The highest BCUT2D eigenvalue weighted by molar-refractivity contribution is 5.80. The topological polar surface area (TPSA) is 28.7 Å². The van der Waals surface area contributed by atoms with Crippen LogP contribution in [0.4, 0.5) is 0 Å². The van der Waals surface area contributed by atoms with Crippen molar-refractivity contribution in [2.24, 2.45) is 5.92 Å². The number of benzene rings is 1. The van der Waals surface area contributed by atoms with Crippen LogP contribution in [-0.2, 0) is 6.42 Å². The number of H-pyrrole nitrogens is 1. The molecule has 0 spiro atoms. The minimum Gasteiger partial charge on any atom is -0.278 e. The van der Waals surface area contributed by atoms with Crippen LogP contribution in [0.2, 0.25) is 0 Å². The summed E-state index contributed by atoms with van der Waals surface area (Å²) in [6.45, 7) is 4.64. The van der Waals surface area contributed by atoms with Gasteiger partial charge in [0.2, 0.25) is 0 Å². The summed E-state index contributed by atoms with van der Waals surface area (Å²) < 4.78 is 0. The molecule has 0 radical (unpaired) electrons. The summed E-state index contributed by atoms with van der Waals surface area (Å²) in [6, 6.07) is 4.60. The minimum atomic E-state index is 0.746. The Balaban J connectivity index is 2.18. The van der Waals surface area contributed by atoms with Crippen molar-refractivity contribution >= 4 is 10.9 Å². The van der Waals surface area contributed by atoms with E-state index < -0.39 is 0 Å². The van der Waals surface area contributed by atoms with Gasteiger partial charge in [-0.1, -0.05) is 13.8 Å². The van der Waals surface area contributed by atoms with Gasteiger partial charge in [0.25, 0.3) is 0 Å². The molecular formula is C13H16N2. The van der Waals surface area contributed by atoms with Gasteiger partial charge in [-0.05, 0) is 47.9 Å². The van der Waals surface area contributed by atoms with Gasteiger partial charge in [0.15, 0.2) is 0 Å². The molecule has 2 heteroatoms. The molecule has 78 valence electrons. The fourth-order valence-electron chi connectivity index (χ4n) is 2.77. The molecule has 0 amide bonds. The molecule has 1 aliphatic rings. The number of hydrogen-bond donors (Lipinski definition) is 1. The van der Waals surface area contributed by atoms with Crippen molar-refractivity contribution in [1.82, 2.24) is 10.2 Å². The summed E-state index contributed by atoms with van der Waals surface area (Å²) in [5.41, 5.74) is 4.25. The molecule has 1 aliphatic carbocycles. The molecule has 1 N–H and O–H groups in total. The number of fused-ring (bicyclic) bond motifs is 2. The number of nitrogens with one attached hydrogen (secondary N) is 1. The van der Waals surface area contributed by atoms with E-state index in [9.17, 15) is 0 Å². The second kappa shape index (κ2) is 3.09. The van der Waals surface area contributed by atoms with Crippen LogP contribution in [0.25, 0.3) is 10.9 Å². The summed E-state index contributed by atoms with van der Waals surface area (Å²) in [5.74, 6) is 1.50. The predicted molar refractivity (Wildman–Crippen MR) is 62.0 cm³/mol. The highest BCUT2D eigenvalue weighted by Gasteiger charge is 2.25. The summed E-state index contributed by atoms with van der Waals surface area (Å²) in [5, 5.41) is 8.38. The zero-order valence-corrected chi connectivity index (χ0v) is 9.25. The SMILES string of the molecule is CC(C)C1CCc2cc3[nH]ncc3cc21. The third-order valence-electron chi connectivity index (χ3n) is 3.63. The van der Waals surface area contributed by atoms with Crippen molar-refractivity contribution in [3.05, 3.63) is 29.5 Å². The molecule has 1 heterocycles. The molecule has 0 fully saturated rings. The lowest BCUT2D eigenvalue weighted by Crippen LogP contribution is -2.01. The zero-order valence-electron chi connectivity index (χ0n) is 9.25. The normalized spacial score (nSPS) is 20.1. The van der Waals surface area contributed by atoms with Gasteiger partial charge in [0, 0.05) is 5.39 Å². The average molecular weight is 200 g/mol. The van der Waals surface area contributed by atoms with Gasteiger partial charge in [0.05, 0.1) is 11.7 Å². The number of aromatic amines is 1. The lowest BCUT2D eigenvalue weighted by Gasteiger charge is -2.15. The number of aromatic nitrogens is 2. The Kier molecular flexibility index (Phi) is 1.84. The Bertz CT molecular complexity index is 496. The maximum Gasteiger partial charge on any atom is 0.0653 e. The largest absolute Gasteiger partial charge is 0.278 e. The molecule has 1 unspecified atom stereocenters. The molecule has 15 heavy (non-hydrogen) atoms. The highest BCUT2D eigenvalue weighted by atomic mass is 15.1. The van der Waals surface area contributed by atoms with Gasteiger partial charge in [-0.2, -0.15) is 5.10 Å². The van der Waals surface area contributed by atoms with Crippen molar-refractivity contribution in [2.75, 3.05) is 0 Å². The van der Waals surface area contributed by atoms with Crippen LogP contribution < -0.4 is 0 Å². The van der Waals surface area contributed by atoms with E-state index in [0.717, 1.165) is 11.8 Å². The van der Waals surface area contributed by atoms with Crippen LogP contribution in [0.5, 0.6) is 0 Å². The highest BCUT2D eigenvalue weighted by Crippen LogP contribution is 2.39. The van der Waals surface area contributed by atoms with Crippen molar-refractivity contribution in [1.29, 1.82) is 0 Å². The van der Waals surface area contributed by atoms with Crippen molar-refractivity contribution in [2.45, 2.75) is 32.6 Å². The van der Waals surface area contributed by atoms with Crippen molar-refractivity contribution < 1.29 is 0 Å². The molecular weight excluding hydrogens is 184 g/mol. The Hall–Kier alpha value is -1.31. The van der Waals surface area contributed by atoms with Crippen LogP contribution >= 0.6 is 0 Å². The lowest BCUT2D eigenvalue weighted by atomic mass is 9.90. The Labute approximate surface area is 89.7 Å². The third kappa shape index (κ3) is 1.28. The second-order valence-corrected chi connectivity index (χ2v) is 4.90. The van der Waals surface area contributed by atoms with Gasteiger partial charge in [-0.3, -0.25) is 5.10 Å². The average Bonchev–Trinajstić information content (AvgIpc) is 2.77. The van der Waals surface area contributed by atoms with Gasteiger partial charge in [0.1, 0.15) is 0 Å². The van der Waals surface area contributed by atoms with Crippen LogP contribution in [0.3, 0.4) is 0 Å². The monoisotopic (exact) mass is 200 g/mol. The van der Waals surface area contributed by atoms with Gasteiger partial charge >= 0.3 is 0 Å². The molecule has 0 bridgehead atoms. The predicted octanol–water partition coefficient (Wildman–Crippen LogP) is 3.25. The van der Waals surface area contributed by atoms with E-state index in [1.165, 1.54) is 29.3 Å². The summed E-state index contributed by atoms with van der Waals surface area (Å²) in [4.78, 5) is 0. The molecule has 0 saturated carbocycles. The molecule has 1 atom stereocenters. The molecule has 0 saturated heterocycles. The number of nitrogens with zero attached hydrogens (tertiary/aromatic N) is 1. The van der Waals surface area contributed by atoms with Gasteiger partial charge in [-0.25, -0.2) is 0 Å². The first-order valence-corrected chi connectivity index (χ1v) is 5.71. The van der Waals surface area contributed by atoms with Crippen molar-refractivity contribution in [3.63, 3.8) is 0 Å². The van der Waals surface area contributed by atoms with E-state index >= 15 is 0 Å². The van der Waals surface area contributed by atoms with E-state index in [-0.39, 0.29) is 0 Å². The Morgan fingerprint density at radius 3 is 3.07 bits per heavy atom. The van der Waals surface area contributed by atoms with Crippen LogP contribution in [0.1, 0.15) is 37.3 Å². The maximum absolute atomic E-state index is 4.09. The van der Waals surface area contributed by atoms with E-state index in [4.69, 9.17) is 0 Å². The van der Waals surface area contributed by atoms with Crippen LogP contribution in [0, 0.1) is 5.92 Å². The first-order chi connectivity index (χ1) is 7.25. The molecule has 1 aromatic carbocycles. The maximum atomic E-state index is 4.09. The quantitative estimate of drug-likeness (QED) is 0.752. The molecule has 3 rings (SSSR count). The number of aryl methyl sites for hydroxylation is 1. The Morgan fingerprint density at radius 1 is 1.40 bits per heavy atom. The van der Waals surface area contributed by atoms with Crippen LogP contribution in [0.15, 0.2) is 18.3 Å². The zero-order chi connectivity index (χ0) is 10.4. The van der Waals surface area contributed by atoms with E-state index in [1.807, 2.05) is 6.20 Å². The second-order valence-electron chi connectivity index (χ2n) is 4.90. The van der Waals surface area contributed by atoms with E-state index in [0.29, 0.717) is 0 Å². The van der Waals surface area contributed by atoms with Gasteiger partial charge in [-0.15, -0.1) is 0 Å². The molecule has 2 aromatic rings.